The molecule has 0 spiro atoms. The lowest BCUT2D eigenvalue weighted by molar-refractivity contribution is 0.0698. The molecule has 2 N–H and O–H groups in total. The van der Waals surface area contributed by atoms with E-state index >= 15 is 0 Å². The quantitative estimate of drug-likeness (QED) is 0.901. The Labute approximate surface area is 129 Å². The van der Waals surface area contributed by atoms with Gasteiger partial charge < -0.3 is 10.0 Å². The van der Waals surface area contributed by atoms with E-state index in [9.17, 15) is 9.59 Å². The lowest BCUT2D eigenvalue weighted by atomic mass is 10.1. The van der Waals surface area contributed by atoms with Crippen LogP contribution in [0.5, 0.6) is 0 Å². The van der Waals surface area contributed by atoms with Gasteiger partial charge in [0, 0.05) is 6.54 Å². The van der Waals surface area contributed by atoms with Gasteiger partial charge in [0.05, 0.1) is 11.6 Å². The van der Waals surface area contributed by atoms with Gasteiger partial charge in [0.25, 0.3) is 0 Å². The summed E-state index contributed by atoms with van der Waals surface area (Å²) >= 11 is 2.84. The fourth-order valence-corrected chi connectivity index (χ4v) is 4.04. The lowest BCUT2D eigenvalue weighted by Gasteiger charge is -2.24. The summed E-state index contributed by atoms with van der Waals surface area (Å²) in [5.74, 6) is -1.03. The monoisotopic (exact) mass is 322 g/mol. The Bertz CT molecular complexity index is 651. The molecule has 2 aromatic heterocycles. The van der Waals surface area contributed by atoms with E-state index in [-0.39, 0.29) is 17.6 Å². The summed E-state index contributed by atoms with van der Waals surface area (Å²) in [7, 11) is 0. The summed E-state index contributed by atoms with van der Waals surface area (Å²) in [5, 5.41) is 17.9. The van der Waals surface area contributed by atoms with Gasteiger partial charge in [-0.1, -0.05) is 0 Å². The molecule has 1 aliphatic heterocycles. The van der Waals surface area contributed by atoms with E-state index in [0.717, 1.165) is 18.4 Å². The van der Waals surface area contributed by atoms with Crippen LogP contribution in [0.1, 0.15) is 34.8 Å². The zero-order chi connectivity index (χ0) is 14.8. The average molecular weight is 322 g/mol. The van der Waals surface area contributed by atoms with Crippen molar-refractivity contribution in [3.05, 3.63) is 39.4 Å². The third-order valence-corrected chi connectivity index (χ3v) is 5.09. The second kappa shape index (κ2) is 5.87. The molecule has 2 aromatic rings. The van der Waals surface area contributed by atoms with Crippen molar-refractivity contribution in [1.29, 1.82) is 0 Å². The van der Waals surface area contributed by atoms with Crippen LogP contribution in [0.3, 0.4) is 0 Å². The van der Waals surface area contributed by atoms with Crippen LogP contribution in [0.15, 0.2) is 28.3 Å². The first kappa shape index (κ1) is 14.1. The number of carboxylic acid groups (broad SMARTS) is 1. The minimum Gasteiger partial charge on any atom is -0.478 e. The number of hydrogen-bond donors (Lipinski definition) is 2. The molecule has 0 aliphatic carbocycles. The fraction of sp³-hybridized carbons (Fsp3) is 0.286. The van der Waals surface area contributed by atoms with Crippen LogP contribution in [0.4, 0.5) is 9.80 Å². The van der Waals surface area contributed by atoms with Crippen LogP contribution in [0.25, 0.3) is 0 Å². The molecular formula is C14H14N2O3S2. The SMILES string of the molecule is O=C(O)c1ccsc1NC(=O)N1CCCC1c1ccsc1. The number of aromatic carboxylic acids is 1. The predicted octanol–water partition coefficient (Wildman–Crippen LogP) is 3.88. The summed E-state index contributed by atoms with van der Waals surface area (Å²) in [6.45, 7) is 0.695. The molecule has 3 heterocycles. The first-order chi connectivity index (χ1) is 10.2. The van der Waals surface area contributed by atoms with Gasteiger partial charge in [0.15, 0.2) is 0 Å². The van der Waals surface area contributed by atoms with Crippen molar-refractivity contribution in [2.24, 2.45) is 0 Å². The van der Waals surface area contributed by atoms with Crippen molar-refractivity contribution in [2.75, 3.05) is 11.9 Å². The largest absolute Gasteiger partial charge is 0.478 e. The number of nitrogens with zero attached hydrogens (tertiary/aromatic N) is 1. The van der Waals surface area contributed by atoms with Crippen LogP contribution in [0.2, 0.25) is 0 Å². The van der Waals surface area contributed by atoms with Gasteiger partial charge in [-0.25, -0.2) is 9.59 Å². The van der Waals surface area contributed by atoms with Crippen LogP contribution >= 0.6 is 22.7 Å². The Balaban J connectivity index is 1.76. The summed E-state index contributed by atoms with van der Waals surface area (Å²) < 4.78 is 0. The first-order valence-electron chi connectivity index (χ1n) is 6.57. The number of urea groups is 1. The molecule has 3 rings (SSSR count). The van der Waals surface area contributed by atoms with Gasteiger partial charge >= 0.3 is 12.0 Å². The molecule has 5 nitrogen and oxygen atoms in total. The predicted molar refractivity (Wildman–Crippen MR) is 83.3 cm³/mol. The fourth-order valence-electron chi connectivity index (χ4n) is 2.56. The van der Waals surface area contributed by atoms with E-state index in [2.05, 4.69) is 10.7 Å². The number of hydrogen-bond acceptors (Lipinski definition) is 4. The summed E-state index contributed by atoms with van der Waals surface area (Å²) in [6.07, 6.45) is 1.91. The highest BCUT2D eigenvalue weighted by atomic mass is 32.1. The number of anilines is 1. The summed E-state index contributed by atoms with van der Waals surface area (Å²) in [4.78, 5) is 25.3. The average Bonchev–Trinajstić information content (AvgIpc) is 3.19. The zero-order valence-corrected chi connectivity index (χ0v) is 12.7. The van der Waals surface area contributed by atoms with E-state index in [4.69, 9.17) is 5.11 Å². The first-order valence-corrected chi connectivity index (χ1v) is 8.39. The van der Waals surface area contributed by atoms with E-state index in [1.165, 1.54) is 17.4 Å². The lowest BCUT2D eigenvalue weighted by Crippen LogP contribution is -2.34. The molecule has 0 saturated carbocycles. The van der Waals surface area contributed by atoms with Crippen molar-refractivity contribution < 1.29 is 14.7 Å². The highest BCUT2D eigenvalue weighted by Crippen LogP contribution is 2.34. The third-order valence-electron chi connectivity index (χ3n) is 3.56. The maximum absolute atomic E-state index is 12.4. The molecule has 110 valence electrons. The van der Waals surface area contributed by atoms with Crippen LogP contribution in [-0.2, 0) is 0 Å². The normalized spacial score (nSPS) is 17.9. The molecule has 2 amide bonds. The number of amides is 2. The molecule has 7 heteroatoms. The molecule has 1 aliphatic rings. The van der Waals surface area contributed by atoms with Crippen LogP contribution in [-0.4, -0.2) is 28.6 Å². The highest BCUT2D eigenvalue weighted by molar-refractivity contribution is 7.14. The third kappa shape index (κ3) is 2.79. The minimum absolute atomic E-state index is 0.0875. The zero-order valence-electron chi connectivity index (χ0n) is 11.1. The van der Waals surface area contributed by atoms with Gasteiger partial charge in [0.2, 0.25) is 0 Å². The maximum atomic E-state index is 12.4. The van der Waals surface area contributed by atoms with Crippen molar-refractivity contribution in [3.63, 3.8) is 0 Å². The number of nitrogens with one attached hydrogen (secondary N) is 1. The van der Waals surface area contributed by atoms with Crippen molar-refractivity contribution in [3.8, 4) is 0 Å². The van der Waals surface area contributed by atoms with E-state index in [1.807, 2.05) is 11.4 Å². The molecule has 1 fully saturated rings. The van der Waals surface area contributed by atoms with Gasteiger partial charge in [-0.2, -0.15) is 11.3 Å². The Kier molecular flexibility index (Phi) is 3.94. The smallest absolute Gasteiger partial charge is 0.338 e. The molecule has 1 unspecified atom stereocenters. The van der Waals surface area contributed by atoms with E-state index < -0.39 is 5.97 Å². The molecule has 1 saturated heterocycles. The molecule has 0 radical (unpaired) electrons. The summed E-state index contributed by atoms with van der Waals surface area (Å²) in [6, 6.07) is 3.40. The number of carboxylic acids is 1. The molecular weight excluding hydrogens is 308 g/mol. The number of carbonyl (C=O) groups excluding carboxylic acids is 1. The van der Waals surface area contributed by atoms with Gasteiger partial charge in [-0.3, -0.25) is 5.32 Å². The van der Waals surface area contributed by atoms with Crippen molar-refractivity contribution in [2.45, 2.75) is 18.9 Å². The standard InChI is InChI=1S/C14H14N2O3S2/c17-13(18)10-4-7-21-12(10)15-14(19)16-5-1-2-11(16)9-3-6-20-8-9/h3-4,6-8,11H,1-2,5H2,(H,15,19)(H,17,18). The number of rotatable bonds is 3. The molecule has 1 atom stereocenters. The van der Waals surface area contributed by atoms with Crippen LogP contribution in [0, 0.1) is 0 Å². The van der Waals surface area contributed by atoms with Gasteiger partial charge in [0.1, 0.15) is 5.00 Å². The number of thiophene rings is 2. The molecule has 0 aromatic carbocycles. The second-order valence-corrected chi connectivity index (χ2v) is 6.50. The Morgan fingerprint density at radius 2 is 2.19 bits per heavy atom. The number of likely N-dealkylation sites (tertiary alicyclic amines) is 1. The second-order valence-electron chi connectivity index (χ2n) is 4.81. The maximum Gasteiger partial charge on any atom is 0.338 e. The Morgan fingerprint density at radius 1 is 1.33 bits per heavy atom. The Morgan fingerprint density at radius 3 is 2.90 bits per heavy atom. The highest BCUT2D eigenvalue weighted by Gasteiger charge is 2.30. The minimum atomic E-state index is -1.03. The molecule has 0 bridgehead atoms. The summed E-state index contributed by atoms with van der Waals surface area (Å²) in [5.41, 5.74) is 1.29. The van der Waals surface area contributed by atoms with E-state index in [0.29, 0.717) is 11.5 Å². The topological polar surface area (TPSA) is 69.6 Å². The van der Waals surface area contributed by atoms with Gasteiger partial charge in [-0.15, -0.1) is 11.3 Å². The Hall–Kier alpha value is -1.86. The van der Waals surface area contributed by atoms with E-state index in [1.54, 1.807) is 21.6 Å². The van der Waals surface area contributed by atoms with Gasteiger partial charge in [-0.05, 0) is 46.7 Å². The number of carbonyl (C=O) groups is 2. The van der Waals surface area contributed by atoms with Crippen molar-refractivity contribution >= 4 is 39.7 Å². The molecule has 21 heavy (non-hydrogen) atoms. The van der Waals surface area contributed by atoms with Crippen molar-refractivity contribution in [1.82, 2.24) is 4.90 Å². The van der Waals surface area contributed by atoms with Crippen LogP contribution < -0.4 is 5.32 Å².